The van der Waals surface area contributed by atoms with Crippen LogP contribution in [-0.2, 0) is 0 Å². The molecule has 4 rings (SSSR count). The summed E-state index contributed by atoms with van der Waals surface area (Å²) in [6.07, 6.45) is 6.06. The lowest BCUT2D eigenvalue weighted by atomic mass is 9.92. The Bertz CT molecular complexity index is 954. The van der Waals surface area contributed by atoms with Crippen molar-refractivity contribution in [2.45, 2.75) is 37.8 Å². The van der Waals surface area contributed by atoms with Crippen molar-refractivity contribution in [3.8, 4) is 11.3 Å². The van der Waals surface area contributed by atoms with Crippen molar-refractivity contribution in [3.63, 3.8) is 0 Å². The van der Waals surface area contributed by atoms with Crippen molar-refractivity contribution in [1.82, 2.24) is 19.5 Å². The van der Waals surface area contributed by atoms with E-state index < -0.39 is 0 Å². The summed E-state index contributed by atoms with van der Waals surface area (Å²) in [5, 5.41) is 9.11. The molecule has 1 aromatic carbocycles. The number of nitrogens with two attached hydrogens (primary N) is 1. The van der Waals surface area contributed by atoms with Crippen LogP contribution >= 0.6 is 11.3 Å². The first-order valence-corrected chi connectivity index (χ1v) is 10.0. The van der Waals surface area contributed by atoms with Crippen LogP contribution in [0.25, 0.3) is 16.2 Å². The number of rotatable bonds is 4. The van der Waals surface area contributed by atoms with Gasteiger partial charge in [0.2, 0.25) is 10.1 Å². The molecule has 1 amide bonds. The van der Waals surface area contributed by atoms with Gasteiger partial charge < -0.3 is 16.0 Å². The Morgan fingerprint density at radius 3 is 2.81 bits per heavy atom. The Balaban J connectivity index is 1.59. The zero-order valence-corrected chi connectivity index (χ0v) is 16.4. The summed E-state index contributed by atoms with van der Waals surface area (Å²) in [6, 6.07) is 8.34. The number of nitrogens with one attached hydrogen (secondary N) is 1. The van der Waals surface area contributed by atoms with Crippen LogP contribution in [0.5, 0.6) is 0 Å². The summed E-state index contributed by atoms with van der Waals surface area (Å²) in [7, 11) is 3.51. The van der Waals surface area contributed by atoms with E-state index in [9.17, 15) is 4.79 Å². The fourth-order valence-corrected chi connectivity index (χ4v) is 4.31. The molecule has 8 heteroatoms. The first-order valence-electron chi connectivity index (χ1n) is 9.20. The van der Waals surface area contributed by atoms with Crippen molar-refractivity contribution < 1.29 is 4.79 Å². The van der Waals surface area contributed by atoms with Crippen LogP contribution in [0.15, 0.2) is 30.5 Å². The quantitative estimate of drug-likeness (QED) is 0.722. The molecule has 2 aromatic heterocycles. The summed E-state index contributed by atoms with van der Waals surface area (Å²) >= 11 is 1.55. The number of nitrogens with zero attached hydrogens (tertiary/aromatic N) is 4. The van der Waals surface area contributed by atoms with Gasteiger partial charge in [-0.3, -0.25) is 4.79 Å². The van der Waals surface area contributed by atoms with E-state index in [1.54, 1.807) is 30.3 Å². The summed E-state index contributed by atoms with van der Waals surface area (Å²) in [5.74, 6) is -0.0197. The number of fused-ring (bicyclic) bond motifs is 1. The molecule has 1 fully saturated rings. The van der Waals surface area contributed by atoms with E-state index in [1.807, 2.05) is 35.0 Å². The highest BCUT2D eigenvalue weighted by atomic mass is 32.1. The molecule has 0 bridgehead atoms. The minimum absolute atomic E-state index is 0.0197. The van der Waals surface area contributed by atoms with E-state index in [0.717, 1.165) is 47.0 Å². The van der Waals surface area contributed by atoms with Crippen LogP contribution in [0.3, 0.4) is 0 Å². The van der Waals surface area contributed by atoms with E-state index in [2.05, 4.69) is 10.3 Å². The fraction of sp³-hybridized carbons (Fsp3) is 0.421. The number of imidazole rings is 1. The first-order chi connectivity index (χ1) is 13.0. The Kier molecular flexibility index (Phi) is 4.84. The Morgan fingerprint density at radius 2 is 2.07 bits per heavy atom. The average Bonchev–Trinajstić information content (AvgIpc) is 3.23. The summed E-state index contributed by atoms with van der Waals surface area (Å²) in [4.78, 5) is 19.2. The molecule has 1 aliphatic rings. The van der Waals surface area contributed by atoms with Crippen LogP contribution in [-0.4, -0.2) is 51.6 Å². The average molecular weight is 385 g/mol. The van der Waals surface area contributed by atoms with Crippen molar-refractivity contribution in [3.05, 3.63) is 36.0 Å². The number of amides is 1. The second-order valence-electron chi connectivity index (χ2n) is 7.28. The molecule has 3 aromatic rings. The van der Waals surface area contributed by atoms with Crippen molar-refractivity contribution in [2.75, 3.05) is 19.4 Å². The van der Waals surface area contributed by atoms with E-state index in [4.69, 9.17) is 10.8 Å². The maximum atomic E-state index is 12.2. The van der Waals surface area contributed by atoms with Gasteiger partial charge in [0, 0.05) is 37.3 Å². The summed E-state index contributed by atoms with van der Waals surface area (Å²) in [5.41, 5.74) is 8.45. The van der Waals surface area contributed by atoms with Gasteiger partial charge >= 0.3 is 0 Å². The van der Waals surface area contributed by atoms with Crippen molar-refractivity contribution in [1.29, 1.82) is 0 Å². The van der Waals surface area contributed by atoms with Crippen LogP contribution in [0.1, 0.15) is 36.0 Å². The van der Waals surface area contributed by atoms with Gasteiger partial charge in [0.05, 0.1) is 11.9 Å². The minimum Gasteiger partial charge on any atom is -0.357 e. The highest BCUT2D eigenvalue weighted by Gasteiger charge is 2.20. The van der Waals surface area contributed by atoms with Gasteiger partial charge in [0.25, 0.3) is 5.91 Å². The number of carbonyl (C=O) groups excluding carboxylic acids is 1. The number of benzene rings is 1. The highest BCUT2D eigenvalue weighted by molar-refractivity contribution is 7.20. The lowest BCUT2D eigenvalue weighted by molar-refractivity contribution is 0.0827. The Labute approximate surface area is 162 Å². The van der Waals surface area contributed by atoms with Crippen molar-refractivity contribution >= 4 is 27.3 Å². The Hall–Kier alpha value is -2.45. The molecule has 7 nitrogen and oxygen atoms in total. The van der Waals surface area contributed by atoms with Gasteiger partial charge in [-0.05, 0) is 37.8 Å². The fourth-order valence-electron chi connectivity index (χ4n) is 3.46. The SMILES string of the molecule is CN(C)C(=O)c1cccc(-c2cnc3sc(NC4CCC(N)CC4)nn23)c1. The molecule has 2 heterocycles. The standard InChI is InChI=1S/C19H24N6OS/c1-24(2)17(26)13-5-3-4-12(10-13)16-11-21-19-25(16)23-18(27-19)22-15-8-6-14(20)7-9-15/h3-5,10-11,14-15H,6-9,20H2,1-2H3,(H,22,23). The van der Waals surface area contributed by atoms with Crippen LogP contribution in [0, 0.1) is 0 Å². The number of carbonyl (C=O) groups is 1. The molecule has 27 heavy (non-hydrogen) atoms. The predicted octanol–water partition coefficient (Wildman–Crippen LogP) is 2.84. The largest absolute Gasteiger partial charge is 0.357 e. The molecular formula is C19H24N6OS. The van der Waals surface area contributed by atoms with Gasteiger partial charge in [-0.1, -0.05) is 23.5 Å². The van der Waals surface area contributed by atoms with Gasteiger partial charge in [-0.25, -0.2) is 9.50 Å². The molecule has 1 saturated carbocycles. The zero-order valence-electron chi connectivity index (χ0n) is 15.6. The molecular weight excluding hydrogens is 360 g/mol. The number of hydrogen-bond donors (Lipinski definition) is 2. The number of hydrogen-bond acceptors (Lipinski definition) is 6. The normalized spacial score (nSPS) is 20.0. The molecule has 1 aliphatic carbocycles. The van der Waals surface area contributed by atoms with Gasteiger partial charge in [-0.15, -0.1) is 5.10 Å². The van der Waals surface area contributed by atoms with Gasteiger partial charge in [-0.2, -0.15) is 0 Å². The van der Waals surface area contributed by atoms with Crippen LogP contribution in [0.2, 0.25) is 0 Å². The second kappa shape index (κ2) is 7.28. The third kappa shape index (κ3) is 3.68. The van der Waals surface area contributed by atoms with Gasteiger partial charge in [0.1, 0.15) is 0 Å². The maximum absolute atomic E-state index is 12.2. The van der Waals surface area contributed by atoms with E-state index in [0.29, 0.717) is 17.6 Å². The molecule has 0 spiro atoms. The smallest absolute Gasteiger partial charge is 0.253 e. The second-order valence-corrected chi connectivity index (χ2v) is 8.24. The molecule has 0 aliphatic heterocycles. The van der Waals surface area contributed by atoms with Gasteiger partial charge in [0.15, 0.2) is 0 Å². The first kappa shape index (κ1) is 17.9. The topological polar surface area (TPSA) is 88.5 Å². The zero-order chi connectivity index (χ0) is 19.0. The van der Waals surface area contributed by atoms with E-state index >= 15 is 0 Å². The highest BCUT2D eigenvalue weighted by Crippen LogP contribution is 2.28. The molecule has 3 N–H and O–H groups in total. The molecule has 0 atom stereocenters. The molecule has 0 unspecified atom stereocenters. The molecule has 142 valence electrons. The molecule has 0 radical (unpaired) electrons. The van der Waals surface area contributed by atoms with E-state index in [1.165, 1.54) is 0 Å². The Morgan fingerprint density at radius 1 is 1.30 bits per heavy atom. The maximum Gasteiger partial charge on any atom is 0.253 e. The third-order valence-corrected chi connectivity index (χ3v) is 5.85. The summed E-state index contributed by atoms with van der Waals surface area (Å²) in [6.45, 7) is 0. The van der Waals surface area contributed by atoms with E-state index in [-0.39, 0.29) is 5.91 Å². The third-order valence-electron chi connectivity index (χ3n) is 5.00. The minimum atomic E-state index is -0.0197. The number of anilines is 1. The predicted molar refractivity (Wildman–Crippen MR) is 108 cm³/mol. The lowest BCUT2D eigenvalue weighted by Crippen LogP contribution is -2.32. The monoisotopic (exact) mass is 384 g/mol. The lowest BCUT2D eigenvalue weighted by Gasteiger charge is -2.26. The number of aromatic nitrogens is 3. The molecule has 0 saturated heterocycles. The van der Waals surface area contributed by atoms with Crippen LogP contribution in [0.4, 0.5) is 5.13 Å². The van der Waals surface area contributed by atoms with Crippen LogP contribution < -0.4 is 11.1 Å². The van der Waals surface area contributed by atoms with Crippen molar-refractivity contribution in [2.24, 2.45) is 5.73 Å². The summed E-state index contributed by atoms with van der Waals surface area (Å²) < 4.78 is 1.85.